The Labute approximate surface area is 43.8 Å². The largest absolute Gasteiger partial charge is 0.183 e. The van der Waals surface area contributed by atoms with Crippen LogP contribution in [0.4, 0.5) is 0 Å². The Morgan fingerprint density at radius 2 is 1.20 bits per heavy atom. The number of rotatable bonds is 0. The average molecular weight is 110 g/mol. The van der Waals surface area contributed by atoms with Crippen molar-refractivity contribution in [1.82, 2.24) is 0 Å². The van der Waals surface area contributed by atoms with Crippen LogP contribution >= 0.6 is 24.4 Å². The van der Waals surface area contributed by atoms with E-state index in [0.29, 0.717) is 0 Å². The molecular weight excluding hydrogens is 100 g/mol. The van der Waals surface area contributed by atoms with Gasteiger partial charge in [-0.05, 0) is 18.8 Å². The summed E-state index contributed by atoms with van der Waals surface area (Å²) in [4.78, 5) is 0. The first-order valence-corrected chi connectivity index (χ1v) is 3.79. The zero-order valence-corrected chi connectivity index (χ0v) is 5.57. The summed E-state index contributed by atoms with van der Waals surface area (Å²) in [5.74, 6) is 0. The third-order valence-electron chi connectivity index (χ3n) is 0. The van der Waals surface area contributed by atoms with Gasteiger partial charge < -0.3 is 0 Å². The van der Waals surface area contributed by atoms with Crippen LogP contribution in [-0.4, -0.2) is 18.8 Å². The molecule has 34 valence electrons. The van der Waals surface area contributed by atoms with Crippen LogP contribution in [0.3, 0.4) is 0 Å². The summed E-state index contributed by atoms with van der Waals surface area (Å²) in [7, 11) is 0. The van der Waals surface area contributed by atoms with E-state index < -0.39 is 0 Å². The van der Waals surface area contributed by atoms with Gasteiger partial charge in [0.05, 0.1) is 0 Å². The second kappa shape index (κ2) is 22.3. The van der Waals surface area contributed by atoms with Crippen molar-refractivity contribution in [2.24, 2.45) is 0 Å². The first kappa shape index (κ1) is 9.20. The van der Waals surface area contributed by atoms with E-state index in [0.717, 1.165) is 0 Å². The molecule has 0 aromatic carbocycles. The highest BCUT2D eigenvalue weighted by atomic mass is 32.2. The van der Waals surface area contributed by atoms with Gasteiger partial charge in [0.1, 0.15) is 0 Å². The van der Waals surface area contributed by atoms with Crippen LogP contribution in [0.1, 0.15) is 0 Å². The third kappa shape index (κ3) is 69.9. The fourth-order valence-corrected chi connectivity index (χ4v) is 0. The molecule has 5 heavy (non-hydrogen) atoms. The number of thiol groups is 1. The molecule has 0 aromatic rings. The fraction of sp³-hybridized carbons (Fsp3) is 1.00. The van der Waals surface area contributed by atoms with Gasteiger partial charge in [0, 0.05) is 0 Å². The van der Waals surface area contributed by atoms with E-state index in [2.05, 4.69) is 12.6 Å². The molecule has 0 aliphatic heterocycles. The molecule has 0 bridgehead atoms. The fourth-order valence-electron chi connectivity index (χ4n) is 0. The molecular formula is C3H10S2. The molecule has 0 amide bonds. The molecule has 0 spiro atoms. The Balaban J connectivity index is 0. The highest BCUT2D eigenvalue weighted by Crippen LogP contribution is 1.70. The molecule has 0 unspecified atom stereocenters. The Bertz CT molecular complexity index is 4.85. The van der Waals surface area contributed by atoms with Gasteiger partial charge in [-0.2, -0.15) is 24.4 Å². The van der Waals surface area contributed by atoms with Crippen molar-refractivity contribution < 1.29 is 0 Å². The molecule has 0 saturated carbocycles. The van der Waals surface area contributed by atoms with E-state index in [1.807, 2.05) is 12.5 Å². The summed E-state index contributed by atoms with van der Waals surface area (Å²) < 4.78 is 0. The Morgan fingerprint density at radius 3 is 1.20 bits per heavy atom. The molecule has 2 heteroatoms. The van der Waals surface area contributed by atoms with Crippen molar-refractivity contribution in [2.45, 2.75) is 0 Å². The molecule has 0 heterocycles. The number of hydrogen-bond acceptors (Lipinski definition) is 2. The normalized spacial score (nSPS) is 4.80. The molecule has 0 rings (SSSR count). The van der Waals surface area contributed by atoms with Crippen LogP contribution in [0.5, 0.6) is 0 Å². The molecule has 0 radical (unpaired) electrons. The lowest BCUT2D eigenvalue weighted by Crippen LogP contribution is -1.25. The van der Waals surface area contributed by atoms with Crippen molar-refractivity contribution >= 4 is 24.4 Å². The number of thioether (sulfide) groups is 1. The van der Waals surface area contributed by atoms with Crippen LogP contribution in [0.2, 0.25) is 0 Å². The second-order valence-electron chi connectivity index (χ2n) is 0.408. The van der Waals surface area contributed by atoms with Crippen LogP contribution in [0.15, 0.2) is 0 Å². The molecule has 0 aliphatic rings. The van der Waals surface area contributed by atoms with Crippen molar-refractivity contribution in [1.29, 1.82) is 0 Å². The van der Waals surface area contributed by atoms with Gasteiger partial charge in [0.15, 0.2) is 0 Å². The molecule has 0 nitrogen and oxygen atoms in total. The standard InChI is InChI=1S/C2H6S.CH4S/c1-3-2;1-2/h1-2H3;2H,1H3. The quantitative estimate of drug-likeness (QED) is 0.461. The van der Waals surface area contributed by atoms with Crippen molar-refractivity contribution in [3.63, 3.8) is 0 Å². The van der Waals surface area contributed by atoms with Gasteiger partial charge in [0.2, 0.25) is 0 Å². The summed E-state index contributed by atoms with van der Waals surface area (Å²) in [5.41, 5.74) is 0. The average Bonchev–Trinajstić information content (AvgIpc) is 1.46. The van der Waals surface area contributed by atoms with E-state index in [-0.39, 0.29) is 0 Å². The highest BCUT2D eigenvalue weighted by Gasteiger charge is 1.32. The van der Waals surface area contributed by atoms with Crippen molar-refractivity contribution in [3.05, 3.63) is 0 Å². The topological polar surface area (TPSA) is 0 Å². The first-order valence-electron chi connectivity index (χ1n) is 1.26. The zero-order valence-electron chi connectivity index (χ0n) is 3.86. The summed E-state index contributed by atoms with van der Waals surface area (Å²) in [6.45, 7) is 0. The SMILES string of the molecule is CS.CSC. The summed E-state index contributed by atoms with van der Waals surface area (Å²) >= 11 is 5.28. The van der Waals surface area contributed by atoms with Gasteiger partial charge in [0.25, 0.3) is 0 Å². The van der Waals surface area contributed by atoms with Crippen LogP contribution < -0.4 is 0 Å². The lowest BCUT2D eigenvalue weighted by atomic mass is 11.9. The number of hydrogen-bond donors (Lipinski definition) is 1. The lowest BCUT2D eigenvalue weighted by molar-refractivity contribution is 2.37. The van der Waals surface area contributed by atoms with E-state index >= 15 is 0 Å². The van der Waals surface area contributed by atoms with E-state index in [1.54, 1.807) is 18.0 Å². The van der Waals surface area contributed by atoms with Crippen molar-refractivity contribution in [3.8, 4) is 0 Å². The summed E-state index contributed by atoms with van der Waals surface area (Å²) in [6.07, 6.45) is 5.78. The maximum atomic E-state index is 3.53. The van der Waals surface area contributed by atoms with Gasteiger partial charge in [-0.1, -0.05) is 0 Å². The monoisotopic (exact) mass is 110 g/mol. The molecule has 0 aromatic heterocycles. The smallest absolute Gasteiger partial charge is 0.0187 e. The maximum Gasteiger partial charge on any atom is -0.0187 e. The predicted molar refractivity (Wildman–Crippen MR) is 34.3 cm³/mol. The minimum atomic E-state index is 1.69. The van der Waals surface area contributed by atoms with Gasteiger partial charge >= 0.3 is 0 Å². The molecule has 0 aliphatic carbocycles. The first-order chi connectivity index (χ1) is 2.41. The maximum absolute atomic E-state index is 3.53. The lowest BCUT2D eigenvalue weighted by Gasteiger charge is -1.51. The van der Waals surface area contributed by atoms with Crippen LogP contribution in [-0.2, 0) is 0 Å². The van der Waals surface area contributed by atoms with Gasteiger partial charge in [-0.25, -0.2) is 0 Å². The predicted octanol–water partition coefficient (Wildman–Crippen LogP) is 1.53. The summed E-state index contributed by atoms with van der Waals surface area (Å²) in [6, 6.07) is 0. The van der Waals surface area contributed by atoms with Gasteiger partial charge in [-0.15, -0.1) is 0 Å². The van der Waals surface area contributed by atoms with E-state index in [4.69, 9.17) is 0 Å². The van der Waals surface area contributed by atoms with E-state index in [9.17, 15) is 0 Å². The Kier molecular flexibility index (Phi) is 41.0. The molecule has 0 saturated heterocycles. The highest BCUT2D eigenvalue weighted by molar-refractivity contribution is 7.97. The second-order valence-corrected chi connectivity index (χ2v) is 1.22. The Morgan fingerprint density at radius 1 is 1.20 bits per heavy atom. The molecule has 0 fully saturated rings. The minimum absolute atomic E-state index is 1.69. The van der Waals surface area contributed by atoms with Crippen molar-refractivity contribution in [2.75, 3.05) is 18.8 Å². The van der Waals surface area contributed by atoms with Crippen LogP contribution in [0, 0.1) is 0 Å². The summed E-state index contributed by atoms with van der Waals surface area (Å²) in [5, 5.41) is 0. The Hall–Kier alpha value is 0.700. The third-order valence-corrected chi connectivity index (χ3v) is 0. The van der Waals surface area contributed by atoms with Crippen LogP contribution in [0.25, 0.3) is 0 Å². The minimum Gasteiger partial charge on any atom is -0.183 e. The molecule has 0 atom stereocenters. The molecule has 0 N–H and O–H groups in total. The zero-order chi connectivity index (χ0) is 4.71. The van der Waals surface area contributed by atoms with E-state index in [1.165, 1.54) is 0 Å². The van der Waals surface area contributed by atoms with Gasteiger partial charge in [-0.3, -0.25) is 0 Å².